The SMILES string of the molecule is CNC(=O)C1CC(NC(=O)CO)CN1Cc1ccc(-c2ccccc2)s1. The van der Waals surface area contributed by atoms with Gasteiger partial charge in [0.05, 0.1) is 6.04 Å². The zero-order valence-corrected chi connectivity index (χ0v) is 15.5. The first kappa shape index (κ1) is 18.6. The third kappa shape index (κ3) is 4.30. The van der Waals surface area contributed by atoms with Gasteiger partial charge in [-0.25, -0.2) is 0 Å². The van der Waals surface area contributed by atoms with Crippen molar-refractivity contribution in [2.75, 3.05) is 20.2 Å². The molecular formula is C19H23N3O3S. The fourth-order valence-corrected chi connectivity index (χ4v) is 4.36. The standard InChI is InChI=1S/C19H23N3O3S/c1-20-19(25)16-9-14(21-18(24)12-23)10-22(16)11-15-7-8-17(26-15)13-5-3-2-4-6-13/h2-8,14,16,23H,9-12H2,1H3,(H,20,25)(H,21,24). The van der Waals surface area contributed by atoms with E-state index in [-0.39, 0.29) is 18.0 Å². The second-order valence-corrected chi connectivity index (χ2v) is 7.52. The summed E-state index contributed by atoms with van der Waals surface area (Å²) >= 11 is 1.71. The van der Waals surface area contributed by atoms with Crippen LogP contribution in [0.15, 0.2) is 42.5 Å². The Kier molecular flexibility index (Phi) is 6.03. The largest absolute Gasteiger partial charge is 0.387 e. The molecule has 3 N–H and O–H groups in total. The summed E-state index contributed by atoms with van der Waals surface area (Å²) < 4.78 is 0. The molecule has 1 aromatic heterocycles. The number of likely N-dealkylation sites (tertiary alicyclic amines) is 1. The number of thiophene rings is 1. The van der Waals surface area contributed by atoms with Gasteiger partial charge in [0.1, 0.15) is 6.61 Å². The number of nitrogens with one attached hydrogen (secondary N) is 2. The minimum absolute atomic E-state index is 0.0504. The van der Waals surface area contributed by atoms with E-state index in [0.29, 0.717) is 19.5 Å². The Labute approximate surface area is 156 Å². The topological polar surface area (TPSA) is 81.7 Å². The molecule has 1 saturated heterocycles. The maximum Gasteiger partial charge on any atom is 0.245 e. The van der Waals surface area contributed by atoms with Crippen LogP contribution >= 0.6 is 11.3 Å². The Morgan fingerprint density at radius 1 is 1.23 bits per heavy atom. The normalized spacial score (nSPS) is 20.1. The van der Waals surface area contributed by atoms with Crippen molar-refractivity contribution in [3.63, 3.8) is 0 Å². The first-order valence-electron chi connectivity index (χ1n) is 8.60. The van der Waals surface area contributed by atoms with E-state index in [1.807, 2.05) is 18.2 Å². The average Bonchev–Trinajstić information content (AvgIpc) is 3.29. The van der Waals surface area contributed by atoms with Crippen molar-refractivity contribution in [2.45, 2.75) is 25.0 Å². The summed E-state index contributed by atoms with van der Waals surface area (Å²) in [6.45, 7) is 0.704. The molecule has 1 fully saturated rings. The molecule has 1 aliphatic heterocycles. The van der Waals surface area contributed by atoms with Gasteiger partial charge < -0.3 is 15.7 Å². The molecule has 1 aromatic carbocycles. The van der Waals surface area contributed by atoms with Gasteiger partial charge in [-0.1, -0.05) is 30.3 Å². The summed E-state index contributed by atoms with van der Waals surface area (Å²) in [5, 5.41) is 14.4. The van der Waals surface area contributed by atoms with E-state index >= 15 is 0 Å². The van der Waals surface area contributed by atoms with Gasteiger partial charge in [0, 0.05) is 35.9 Å². The molecule has 0 saturated carbocycles. The fourth-order valence-electron chi connectivity index (χ4n) is 3.32. The van der Waals surface area contributed by atoms with E-state index in [1.54, 1.807) is 18.4 Å². The Morgan fingerprint density at radius 3 is 2.69 bits per heavy atom. The number of aliphatic hydroxyl groups excluding tert-OH is 1. The van der Waals surface area contributed by atoms with Crippen molar-refractivity contribution < 1.29 is 14.7 Å². The molecule has 2 amide bonds. The average molecular weight is 373 g/mol. The summed E-state index contributed by atoms with van der Waals surface area (Å²) in [4.78, 5) is 28.1. The molecule has 0 radical (unpaired) electrons. The molecule has 3 rings (SSSR count). The van der Waals surface area contributed by atoms with Gasteiger partial charge in [-0.05, 0) is 24.1 Å². The lowest BCUT2D eigenvalue weighted by atomic mass is 10.1. The number of amides is 2. The molecule has 138 valence electrons. The molecule has 0 aliphatic carbocycles. The van der Waals surface area contributed by atoms with Crippen LogP contribution in [0.2, 0.25) is 0 Å². The van der Waals surface area contributed by atoms with E-state index < -0.39 is 12.5 Å². The van der Waals surface area contributed by atoms with Gasteiger partial charge >= 0.3 is 0 Å². The third-order valence-electron chi connectivity index (χ3n) is 4.54. The second-order valence-electron chi connectivity index (χ2n) is 6.35. The van der Waals surface area contributed by atoms with Crippen molar-refractivity contribution >= 4 is 23.2 Å². The van der Waals surface area contributed by atoms with Crippen LogP contribution in [0.3, 0.4) is 0 Å². The van der Waals surface area contributed by atoms with Crippen molar-refractivity contribution in [3.05, 3.63) is 47.3 Å². The van der Waals surface area contributed by atoms with E-state index in [1.165, 1.54) is 15.3 Å². The van der Waals surface area contributed by atoms with E-state index in [2.05, 4.69) is 39.8 Å². The maximum absolute atomic E-state index is 12.2. The van der Waals surface area contributed by atoms with E-state index in [4.69, 9.17) is 5.11 Å². The van der Waals surface area contributed by atoms with Gasteiger partial charge in [-0.3, -0.25) is 14.5 Å². The predicted octanol–water partition coefficient (Wildman–Crippen LogP) is 1.21. The van der Waals surface area contributed by atoms with Gasteiger partial charge in [-0.2, -0.15) is 0 Å². The molecule has 0 spiro atoms. The first-order valence-corrected chi connectivity index (χ1v) is 9.42. The highest BCUT2D eigenvalue weighted by Gasteiger charge is 2.37. The fraction of sp³-hybridized carbons (Fsp3) is 0.368. The molecule has 26 heavy (non-hydrogen) atoms. The highest BCUT2D eigenvalue weighted by molar-refractivity contribution is 7.15. The van der Waals surface area contributed by atoms with Crippen LogP contribution in [-0.2, 0) is 16.1 Å². The van der Waals surface area contributed by atoms with Crippen LogP contribution in [0.4, 0.5) is 0 Å². The van der Waals surface area contributed by atoms with Crippen molar-refractivity contribution in [2.24, 2.45) is 0 Å². The highest BCUT2D eigenvalue weighted by atomic mass is 32.1. The minimum Gasteiger partial charge on any atom is -0.387 e. The summed E-state index contributed by atoms with van der Waals surface area (Å²) in [7, 11) is 1.62. The number of benzene rings is 1. The third-order valence-corrected chi connectivity index (χ3v) is 5.66. The van der Waals surface area contributed by atoms with E-state index in [0.717, 1.165) is 0 Å². The van der Waals surface area contributed by atoms with Gasteiger partial charge in [-0.15, -0.1) is 11.3 Å². The summed E-state index contributed by atoms with van der Waals surface area (Å²) in [5.74, 6) is -0.458. The molecule has 1 aliphatic rings. The quantitative estimate of drug-likeness (QED) is 0.711. The zero-order valence-electron chi connectivity index (χ0n) is 14.6. The van der Waals surface area contributed by atoms with Crippen LogP contribution in [-0.4, -0.2) is 54.1 Å². The Morgan fingerprint density at radius 2 is 2.00 bits per heavy atom. The van der Waals surface area contributed by atoms with Crippen molar-refractivity contribution in [1.82, 2.24) is 15.5 Å². The molecule has 2 aromatic rings. The lowest BCUT2D eigenvalue weighted by Crippen LogP contribution is -2.41. The predicted molar refractivity (Wildman–Crippen MR) is 102 cm³/mol. The van der Waals surface area contributed by atoms with Crippen LogP contribution in [0.25, 0.3) is 10.4 Å². The summed E-state index contributed by atoms with van der Waals surface area (Å²) in [6, 6.07) is 14.0. The van der Waals surface area contributed by atoms with Gasteiger partial charge in [0.15, 0.2) is 0 Å². The summed E-state index contributed by atoms with van der Waals surface area (Å²) in [6.07, 6.45) is 0.544. The molecule has 2 heterocycles. The number of carbonyl (C=O) groups is 2. The molecule has 6 nitrogen and oxygen atoms in total. The molecule has 7 heteroatoms. The monoisotopic (exact) mass is 373 g/mol. The number of hydrogen-bond acceptors (Lipinski definition) is 5. The van der Waals surface area contributed by atoms with Gasteiger partial charge in [0.25, 0.3) is 0 Å². The Bertz CT molecular complexity index is 762. The number of likely N-dealkylation sites (N-methyl/N-ethyl adjacent to an activating group) is 1. The number of aliphatic hydroxyl groups is 1. The molecule has 2 atom stereocenters. The molecular weight excluding hydrogens is 350 g/mol. The Balaban J connectivity index is 1.71. The van der Waals surface area contributed by atoms with Crippen LogP contribution in [0, 0.1) is 0 Å². The number of nitrogens with zero attached hydrogens (tertiary/aromatic N) is 1. The number of hydrogen-bond donors (Lipinski definition) is 3. The van der Waals surface area contributed by atoms with Crippen molar-refractivity contribution in [3.8, 4) is 10.4 Å². The number of rotatable bonds is 6. The molecule has 2 unspecified atom stereocenters. The Hall–Kier alpha value is -2.22. The number of carbonyl (C=O) groups excluding carboxylic acids is 2. The van der Waals surface area contributed by atoms with Crippen LogP contribution in [0.1, 0.15) is 11.3 Å². The van der Waals surface area contributed by atoms with E-state index in [9.17, 15) is 9.59 Å². The minimum atomic E-state index is -0.535. The van der Waals surface area contributed by atoms with Gasteiger partial charge in [0.2, 0.25) is 11.8 Å². The lowest BCUT2D eigenvalue weighted by Gasteiger charge is -2.22. The first-order chi connectivity index (χ1) is 12.6. The molecule has 0 bridgehead atoms. The summed E-state index contributed by atoms with van der Waals surface area (Å²) in [5.41, 5.74) is 1.18. The zero-order chi connectivity index (χ0) is 18.5. The van der Waals surface area contributed by atoms with Crippen LogP contribution < -0.4 is 10.6 Å². The maximum atomic E-state index is 12.2. The smallest absolute Gasteiger partial charge is 0.245 e. The van der Waals surface area contributed by atoms with Crippen LogP contribution in [0.5, 0.6) is 0 Å². The van der Waals surface area contributed by atoms with Crippen molar-refractivity contribution in [1.29, 1.82) is 0 Å². The second kappa shape index (κ2) is 8.44. The highest BCUT2D eigenvalue weighted by Crippen LogP contribution is 2.30. The lowest BCUT2D eigenvalue weighted by molar-refractivity contribution is -0.126.